The Hall–Kier alpha value is -0.227. The average molecular weight is 498 g/mol. The Morgan fingerprint density at radius 2 is 1.46 bits per heavy atom. The summed E-state index contributed by atoms with van der Waals surface area (Å²) in [6.07, 6.45) is 10.5. The topological polar surface area (TPSA) is 0 Å². The van der Waals surface area contributed by atoms with Gasteiger partial charge < -0.3 is 31.2 Å². The van der Waals surface area contributed by atoms with Crippen molar-refractivity contribution in [3.8, 4) is 0 Å². The number of rotatable bonds is 0. The monoisotopic (exact) mass is 495 g/mol. The second-order valence-corrected chi connectivity index (χ2v) is 8.62. The Morgan fingerprint density at radius 1 is 0.929 bits per heavy atom. The molecule has 3 heteroatoms. The molecular formula is C25H35Cl2Zr-3. The van der Waals surface area contributed by atoms with E-state index in [1.165, 1.54) is 21.9 Å². The zero-order valence-electron chi connectivity index (χ0n) is 18.7. The van der Waals surface area contributed by atoms with Gasteiger partial charge in [-0.15, -0.1) is 53.1 Å². The smallest absolute Gasteiger partial charge is 1.00 e. The van der Waals surface area contributed by atoms with Gasteiger partial charge >= 0.3 is 26.2 Å². The molecule has 0 nitrogen and oxygen atoms in total. The van der Waals surface area contributed by atoms with Gasteiger partial charge in [0.05, 0.1) is 0 Å². The van der Waals surface area contributed by atoms with Crippen molar-refractivity contribution in [3.63, 3.8) is 0 Å². The maximum Gasteiger partial charge on any atom is 2.00 e. The Morgan fingerprint density at radius 3 is 1.86 bits per heavy atom. The summed E-state index contributed by atoms with van der Waals surface area (Å²) in [4.78, 5) is 0. The van der Waals surface area contributed by atoms with E-state index in [0.29, 0.717) is 5.41 Å². The number of hydrogen-bond donors (Lipinski definition) is 0. The van der Waals surface area contributed by atoms with E-state index in [2.05, 4.69) is 96.2 Å². The third-order valence-corrected chi connectivity index (χ3v) is 4.05. The minimum atomic E-state index is 0. The van der Waals surface area contributed by atoms with E-state index in [1.54, 1.807) is 0 Å². The van der Waals surface area contributed by atoms with Crippen molar-refractivity contribution in [2.24, 2.45) is 5.41 Å². The fraction of sp³-hybridized carbons (Fsp3) is 0.440. The minimum absolute atomic E-state index is 0. The van der Waals surface area contributed by atoms with Gasteiger partial charge in [-0.05, 0) is 0 Å². The van der Waals surface area contributed by atoms with Crippen molar-refractivity contribution >= 4 is 10.8 Å². The van der Waals surface area contributed by atoms with Gasteiger partial charge in [-0.1, -0.05) is 58.4 Å². The van der Waals surface area contributed by atoms with E-state index in [-0.39, 0.29) is 56.4 Å². The Bertz CT molecular complexity index is 710. The van der Waals surface area contributed by atoms with Crippen LogP contribution >= 0.6 is 0 Å². The molecule has 1 aliphatic rings. The molecule has 2 aromatic rings. The molecule has 0 heterocycles. The fourth-order valence-electron chi connectivity index (χ4n) is 2.72. The number of hydrogen-bond acceptors (Lipinski definition) is 0. The summed E-state index contributed by atoms with van der Waals surface area (Å²) in [5.74, 6) is 0. The summed E-state index contributed by atoms with van der Waals surface area (Å²) in [7, 11) is 0. The van der Waals surface area contributed by atoms with Gasteiger partial charge in [0.15, 0.2) is 0 Å². The standard InChI is InChI=1S/C13H15.C9H13.C3H7.2ClH.Zr/c1-13(2,3)12-9-8-10-6-4-5-7-11(10)12;1-9(2,3)8-6-4-5-7-8;1-3-2;;;/h4-9H,1-3H3;6-7H,4H2,1-3H3;3H,1-2H3;2*1H;/q3*-1;;;+2/p-2. The first-order valence-electron chi connectivity index (χ1n) is 9.27. The molecule has 0 atom stereocenters. The average Bonchev–Trinajstić information content (AvgIpc) is 3.17. The SMILES string of the molecule is CC(C)(C)C1=CC[C-]=C1.CC(C)(C)c1c[cH-]c2ccccc12.C[CH-]C.[Cl-].[Cl-].[Zr+2]. The van der Waals surface area contributed by atoms with E-state index in [0.717, 1.165) is 6.42 Å². The van der Waals surface area contributed by atoms with Crippen LogP contribution in [0.3, 0.4) is 0 Å². The van der Waals surface area contributed by atoms with Gasteiger partial charge in [-0.2, -0.15) is 25.5 Å². The fourth-order valence-corrected chi connectivity index (χ4v) is 2.72. The second-order valence-electron chi connectivity index (χ2n) is 8.62. The van der Waals surface area contributed by atoms with Crippen LogP contribution in [0.5, 0.6) is 0 Å². The summed E-state index contributed by atoms with van der Waals surface area (Å²) in [6.45, 7) is 17.4. The molecule has 0 fully saturated rings. The van der Waals surface area contributed by atoms with E-state index in [4.69, 9.17) is 0 Å². The first-order chi connectivity index (χ1) is 11.6. The molecule has 0 spiro atoms. The van der Waals surface area contributed by atoms with Gasteiger partial charge in [0.25, 0.3) is 0 Å². The predicted molar refractivity (Wildman–Crippen MR) is 114 cm³/mol. The van der Waals surface area contributed by atoms with E-state index >= 15 is 0 Å². The molecular weight excluding hydrogens is 462 g/mol. The van der Waals surface area contributed by atoms with Crippen molar-refractivity contribution in [2.45, 2.75) is 67.2 Å². The van der Waals surface area contributed by atoms with Gasteiger partial charge in [0.2, 0.25) is 0 Å². The zero-order valence-corrected chi connectivity index (χ0v) is 22.6. The van der Waals surface area contributed by atoms with Crippen molar-refractivity contribution in [2.75, 3.05) is 0 Å². The number of benzene rings is 1. The van der Waals surface area contributed by atoms with E-state index in [9.17, 15) is 0 Å². The van der Waals surface area contributed by atoms with Crippen LogP contribution in [0.25, 0.3) is 10.8 Å². The first kappa shape index (κ1) is 32.4. The number of halogens is 2. The Kier molecular flexibility index (Phi) is 17.0. The number of fused-ring (bicyclic) bond motifs is 1. The molecule has 0 aromatic heterocycles. The molecule has 2 aromatic carbocycles. The Labute approximate surface area is 205 Å². The molecule has 0 amide bonds. The van der Waals surface area contributed by atoms with Crippen LogP contribution in [0.1, 0.15) is 67.4 Å². The first-order valence-corrected chi connectivity index (χ1v) is 9.27. The van der Waals surface area contributed by atoms with Crippen molar-refractivity contribution in [3.05, 3.63) is 72.2 Å². The maximum absolute atomic E-state index is 3.16. The molecule has 28 heavy (non-hydrogen) atoms. The van der Waals surface area contributed by atoms with E-state index in [1.807, 2.05) is 20.3 Å². The zero-order chi connectivity index (χ0) is 19.1. The van der Waals surface area contributed by atoms with E-state index < -0.39 is 0 Å². The molecule has 156 valence electrons. The minimum Gasteiger partial charge on any atom is -1.00 e. The van der Waals surface area contributed by atoms with Crippen LogP contribution in [0.15, 0.2) is 54.1 Å². The predicted octanol–water partition coefficient (Wildman–Crippen LogP) is 1.81. The molecule has 0 bridgehead atoms. The maximum atomic E-state index is 3.16. The molecule has 0 unspecified atom stereocenters. The molecule has 0 aliphatic heterocycles. The largest absolute Gasteiger partial charge is 2.00 e. The molecule has 0 saturated heterocycles. The number of allylic oxidation sites excluding steroid dienone is 4. The van der Waals surface area contributed by atoms with Crippen LogP contribution in [-0.2, 0) is 31.6 Å². The summed E-state index contributed by atoms with van der Waals surface area (Å²) in [5.41, 5.74) is 3.44. The van der Waals surface area contributed by atoms with Crippen LogP contribution in [0.2, 0.25) is 0 Å². The molecule has 0 N–H and O–H groups in total. The van der Waals surface area contributed by atoms with Crippen LogP contribution in [-0.4, -0.2) is 0 Å². The molecule has 0 saturated carbocycles. The van der Waals surface area contributed by atoms with Crippen LogP contribution in [0, 0.1) is 17.9 Å². The van der Waals surface area contributed by atoms with Crippen molar-refractivity contribution < 1.29 is 51.0 Å². The van der Waals surface area contributed by atoms with Crippen LogP contribution in [0.4, 0.5) is 0 Å². The van der Waals surface area contributed by atoms with Gasteiger partial charge in [-0.25, -0.2) is 6.08 Å². The third-order valence-electron chi connectivity index (χ3n) is 4.05. The summed E-state index contributed by atoms with van der Waals surface area (Å²) in [6, 6.07) is 13.0. The summed E-state index contributed by atoms with van der Waals surface area (Å²) < 4.78 is 0. The van der Waals surface area contributed by atoms with Crippen molar-refractivity contribution in [1.82, 2.24) is 0 Å². The molecule has 1 aliphatic carbocycles. The van der Waals surface area contributed by atoms with Crippen molar-refractivity contribution in [1.29, 1.82) is 0 Å². The quantitative estimate of drug-likeness (QED) is 0.487. The van der Waals surface area contributed by atoms with Gasteiger partial charge in [0.1, 0.15) is 0 Å². The van der Waals surface area contributed by atoms with Crippen LogP contribution < -0.4 is 24.8 Å². The second kappa shape index (κ2) is 14.7. The van der Waals surface area contributed by atoms with Gasteiger partial charge in [-0.3, -0.25) is 6.08 Å². The summed E-state index contributed by atoms with van der Waals surface area (Å²) in [5, 5.41) is 2.75. The molecule has 0 radical (unpaired) electrons. The molecule has 3 rings (SSSR count). The van der Waals surface area contributed by atoms with Gasteiger partial charge in [0, 0.05) is 0 Å². The summed E-state index contributed by atoms with van der Waals surface area (Å²) >= 11 is 0. The normalized spacial score (nSPS) is 12.2. The third kappa shape index (κ3) is 10.5. The Balaban J connectivity index is -0.000000372.